The molecule has 3 rings (SSSR count). The molecule has 0 spiro atoms. The summed E-state index contributed by atoms with van der Waals surface area (Å²) in [6.45, 7) is 1.88. The Balaban J connectivity index is 2.17. The fraction of sp³-hybridized carbons (Fsp3) is 0.235. The number of nitriles is 1. The second-order valence-corrected chi connectivity index (χ2v) is 5.06. The molecule has 1 N–H and O–H groups in total. The normalized spacial score (nSPS) is 17.5. The minimum atomic E-state index is -1.07. The van der Waals surface area contributed by atoms with Crippen LogP contribution in [0.3, 0.4) is 0 Å². The van der Waals surface area contributed by atoms with Crippen LogP contribution in [0.1, 0.15) is 28.9 Å². The largest absolute Gasteiger partial charge is 0.465 e. The molecule has 0 saturated heterocycles. The lowest BCUT2D eigenvalue weighted by atomic mass is 9.85. The molecule has 2 aromatic carbocycles. The minimum Gasteiger partial charge on any atom is -0.465 e. The van der Waals surface area contributed by atoms with Gasteiger partial charge in [-0.25, -0.2) is 0 Å². The molecule has 0 fully saturated rings. The second-order valence-electron chi connectivity index (χ2n) is 5.06. The summed E-state index contributed by atoms with van der Waals surface area (Å²) in [5.74, 6) is -1.96. The summed E-state index contributed by atoms with van der Waals surface area (Å²) < 4.78 is 4.95. The molecule has 5 nitrogen and oxygen atoms in total. The molecule has 1 heterocycles. The van der Waals surface area contributed by atoms with Gasteiger partial charge in [0.2, 0.25) is 0 Å². The van der Waals surface area contributed by atoms with Crippen LogP contribution in [-0.2, 0) is 9.53 Å². The van der Waals surface area contributed by atoms with Crippen LogP contribution in [0, 0.1) is 17.2 Å². The second kappa shape index (κ2) is 5.49. The van der Waals surface area contributed by atoms with E-state index in [0.717, 1.165) is 16.3 Å². The Hall–Kier alpha value is -2.87. The first-order valence-electron chi connectivity index (χ1n) is 7.06. The Bertz CT molecular complexity index is 802. The van der Waals surface area contributed by atoms with Gasteiger partial charge in [-0.05, 0) is 29.3 Å². The summed E-state index contributed by atoms with van der Waals surface area (Å²) in [6, 6.07) is 12.3. The zero-order chi connectivity index (χ0) is 15.7. The van der Waals surface area contributed by atoms with Gasteiger partial charge in [-0.15, -0.1) is 0 Å². The van der Waals surface area contributed by atoms with Crippen molar-refractivity contribution in [1.29, 1.82) is 5.26 Å². The van der Waals surface area contributed by atoms with Gasteiger partial charge in [0.1, 0.15) is 0 Å². The predicted molar refractivity (Wildman–Crippen MR) is 79.9 cm³/mol. The Morgan fingerprint density at radius 2 is 2.09 bits per heavy atom. The molecular weight excluding hydrogens is 280 g/mol. The maximum Gasteiger partial charge on any atom is 0.325 e. The van der Waals surface area contributed by atoms with Crippen molar-refractivity contribution in [2.24, 2.45) is 5.92 Å². The Kier molecular flexibility index (Phi) is 3.51. The van der Waals surface area contributed by atoms with E-state index >= 15 is 0 Å². The van der Waals surface area contributed by atoms with Gasteiger partial charge in [-0.3, -0.25) is 9.59 Å². The van der Waals surface area contributed by atoms with E-state index in [0.29, 0.717) is 5.56 Å². The van der Waals surface area contributed by atoms with Crippen LogP contribution in [-0.4, -0.2) is 18.5 Å². The molecule has 110 valence electrons. The van der Waals surface area contributed by atoms with E-state index in [9.17, 15) is 14.9 Å². The number of ether oxygens (including phenoxy) is 1. The van der Waals surface area contributed by atoms with E-state index in [1.54, 1.807) is 13.0 Å². The number of hydrogen-bond donors (Lipinski definition) is 1. The average Bonchev–Trinajstić information content (AvgIpc) is 2.53. The van der Waals surface area contributed by atoms with Gasteiger partial charge < -0.3 is 10.1 Å². The van der Waals surface area contributed by atoms with Crippen molar-refractivity contribution in [2.45, 2.75) is 13.0 Å². The number of esters is 1. The lowest BCUT2D eigenvalue weighted by Gasteiger charge is -2.28. The molecule has 0 aliphatic carbocycles. The van der Waals surface area contributed by atoms with E-state index in [4.69, 9.17) is 4.74 Å². The van der Waals surface area contributed by atoms with Crippen LogP contribution in [0.25, 0.3) is 10.8 Å². The molecule has 5 heteroatoms. The van der Waals surface area contributed by atoms with Crippen molar-refractivity contribution >= 4 is 22.6 Å². The third-order valence-corrected chi connectivity index (χ3v) is 3.82. The monoisotopic (exact) mass is 294 g/mol. The molecule has 2 aromatic rings. The first-order valence-corrected chi connectivity index (χ1v) is 7.06. The van der Waals surface area contributed by atoms with Gasteiger partial charge in [0.25, 0.3) is 5.91 Å². The highest BCUT2D eigenvalue weighted by Gasteiger charge is 2.36. The number of nitrogens with one attached hydrogen (secondary N) is 1. The fourth-order valence-electron chi connectivity index (χ4n) is 2.87. The van der Waals surface area contributed by atoms with E-state index in [1.165, 1.54) is 0 Å². The molecule has 1 aliphatic heterocycles. The molecule has 1 amide bonds. The SMILES string of the molecule is CCOC(=O)C(C#N)C1NC(=O)c2cccc3cccc1c23. The van der Waals surface area contributed by atoms with Crippen molar-refractivity contribution in [3.05, 3.63) is 47.5 Å². The number of amides is 1. The molecule has 0 bridgehead atoms. The number of nitrogens with zero attached hydrogens (tertiary/aromatic N) is 1. The Morgan fingerprint density at radius 1 is 1.36 bits per heavy atom. The highest BCUT2D eigenvalue weighted by molar-refractivity contribution is 6.10. The number of rotatable bonds is 3. The van der Waals surface area contributed by atoms with Crippen LogP contribution in [0.4, 0.5) is 0 Å². The van der Waals surface area contributed by atoms with Crippen LogP contribution in [0.2, 0.25) is 0 Å². The first-order chi connectivity index (χ1) is 10.7. The summed E-state index contributed by atoms with van der Waals surface area (Å²) in [6.07, 6.45) is 0. The molecule has 2 atom stereocenters. The van der Waals surface area contributed by atoms with E-state index < -0.39 is 17.9 Å². The molecule has 0 radical (unpaired) electrons. The third kappa shape index (κ3) is 2.09. The molecule has 0 aromatic heterocycles. The van der Waals surface area contributed by atoms with E-state index in [1.807, 2.05) is 36.4 Å². The van der Waals surface area contributed by atoms with Crippen molar-refractivity contribution in [2.75, 3.05) is 6.61 Å². The van der Waals surface area contributed by atoms with Crippen LogP contribution in [0.5, 0.6) is 0 Å². The number of carbonyl (C=O) groups is 2. The molecule has 22 heavy (non-hydrogen) atoms. The lowest BCUT2D eigenvalue weighted by molar-refractivity contribution is -0.146. The molecular formula is C17H14N2O3. The average molecular weight is 294 g/mol. The number of carbonyl (C=O) groups excluding carboxylic acids is 2. The number of hydrogen-bond acceptors (Lipinski definition) is 4. The minimum absolute atomic E-state index is 0.193. The van der Waals surface area contributed by atoms with Crippen molar-refractivity contribution in [3.63, 3.8) is 0 Å². The Morgan fingerprint density at radius 3 is 2.77 bits per heavy atom. The van der Waals surface area contributed by atoms with Gasteiger partial charge in [0, 0.05) is 5.56 Å². The van der Waals surface area contributed by atoms with Crippen LogP contribution in [0.15, 0.2) is 36.4 Å². The zero-order valence-corrected chi connectivity index (χ0v) is 12.0. The Labute approximate surface area is 127 Å². The molecule has 0 saturated carbocycles. The van der Waals surface area contributed by atoms with Crippen molar-refractivity contribution < 1.29 is 14.3 Å². The summed E-state index contributed by atoms with van der Waals surface area (Å²) in [7, 11) is 0. The fourth-order valence-corrected chi connectivity index (χ4v) is 2.87. The summed E-state index contributed by atoms with van der Waals surface area (Å²) in [4.78, 5) is 24.3. The first kappa shape index (κ1) is 14.1. The van der Waals surface area contributed by atoms with Gasteiger partial charge >= 0.3 is 5.97 Å². The topological polar surface area (TPSA) is 79.2 Å². The lowest BCUT2D eigenvalue weighted by Crippen LogP contribution is -2.39. The third-order valence-electron chi connectivity index (χ3n) is 3.82. The van der Waals surface area contributed by atoms with Gasteiger partial charge in [0.05, 0.1) is 18.7 Å². The van der Waals surface area contributed by atoms with E-state index in [2.05, 4.69) is 5.32 Å². The maximum absolute atomic E-state index is 12.3. The van der Waals surface area contributed by atoms with Gasteiger partial charge in [0.15, 0.2) is 5.92 Å². The highest BCUT2D eigenvalue weighted by Crippen LogP contribution is 2.35. The van der Waals surface area contributed by atoms with Gasteiger partial charge in [-0.2, -0.15) is 5.26 Å². The molecule has 1 aliphatic rings. The quantitative estimate of drug-likeness (QED) is 0.881. The van der Waals surface area contributed by atoms with Crippen LogP contribution >= 0.6 is 0 Å². The smallest absolute Gasteiger partial charge is 0.325 e. The van der Waals surface area contributed by atoms with E-state index in [-0.39, 0.29) is 12.5 Å². The van der Waals surface area contributed by atoms with Crippen molar-refractivity contribution in [1.82, 2.24) is 5.32 Å². The summed E-state index contributed by atoms with van der Waals surface area (Å²) in [5, 5.41) is 13.8. The summed E-state index contributed by atoms with van der Waals surface area (Å²) >= 11 is 0. The maximum atomic E-state index is 12.3. The zero-order valence-electron chi connectivity index (χ0n) is 12.0. The molecule has 2 unspecified atom stereocenters. The standard InChI is InChI=1S/C17H14N2O3/c1-2-22-17(21)13(9-18)15-11-7-3-5-10-6-4-8-12(14(10)11)16(20)19-15/h3-8,13,15H,2H2,1H3,(H,19,20). The van der Waals surface area contributed by atoms with Gasteiger partial charge in [-0.1, -0.05) is 30.3 Å². The van der Waals surface area contributed by atoms with Crippen LogP contribution < -0.4 is 5.32 Å². The predicted octanol–water partition coefficient (Wildman–Crippen LogP) is 2.33. The number of benzene rings is 2. The highest BCUT2D eigenvalue weighted by atomic mass is 16.5. The van der Waals surface area contributed by atoms with Crippen molar-refractivity contribution in [3.8, 4) is 6.07 Å². The summed E-state index contributed by atoms with van der Waals surface area (Å²) in [5.41, 5.74) is 1.33.